The zero-order chi connectivity index (χ0) is 22.4. The van der Waals surface area contributed by atoms with Crippen molar-refractivity contribution in [2.24, 2.45) is 11.8 Å². The van der Waals surface area contributed by atoms with Gasteiger partial charge in [0.15, 0.2) is 11.6 Å². The van der Waals surface area contributed by atoms with E-state index in [0.29, 0.717) is 0 Å². The third-order valence-electron chi connectivity index (χ3n) is 4.60. The minimum atomic E-state index is -1.24. The quantitative estimate of drug-likeness (QED) is 0.500. The second-order valence-electron chi connectivity index (χ2n) is 7.31. The van der Waals surface area contributed by atoms with E-state index in [1.54, 1.807) is 20.8 Å². The van der Waals surface area contributed by atoms with Gasteiger partial charge in [-0.05, 0) is 18.6 Å². The summed E-state index contributed by atoms with van der Waals surface area (Å²) in [6.07, 6.45) is -1.96. The van der Waals surface area contributed by atoms with E-state index in [2.05, 4.69) is 0 Å². The minimum absolute atomic E-state index is 0.0285. The number of aliphatic carboxylic acids is 1. The summed E-state index contributed by atoms with van der Waals surface area (Å²) in [5.74, 6) is -5.08. The topological polar surface area (TPSA) is 102 Å². The van der Waals surface area contributed by atoms with Gasteiger partial charge in [-0.25, -0.2) is 14.0 Å². The first-order chi connectivity index (χ1) is 14.1. The molecule has 0 aliphatic carbocycles. The van der Waals surface area contributed by atoms with Crippen LogP contribution in [0.5, 0.6) is 5.75 Å². The number of carbonyl (C=O) groups is 3. The lowest BCUT2D eigenvalue weighted by atomic mass is 10.1. The van der Waals surface area contributed by atoms with E-state index in [1.807, 2.05) is 0 Å². The second kappa shape index (κ2) is 10.2. The first kappa shape index (κ1) is 23.4. The van der Waals surface area contributed by atoms with Gasteiger partial charge in [0, 0.05) is 24.8 Å². The summed E-state index contributed by atoms with van der Waals surface area (Å²) in [4.78, 5) is 36.7. The first-order valence-electron chi connectivity index (χ1n) is 9.60. The Morgan fingerprint density at radius 1 is 1.23 bits per heavy atom. The van der Waals surface area contributed by atoms with Crippen molar-refractivity contribution in [2.45, 2.75) is 45.9 Å². The summed E-state index contributed by atoms with van der Waals surface area (Å²) in [6, 6.07) is 2.31. The molecule has 0 spiro atoms. The van der Waals surface area contributed by atoms with Crippen LogP contribution in [0.25, 0.3) is 0 Å². The Labute approximate surface area is 172 Å². The second-order valence-corrected chi connectivity index (χ2v) is 7.31. The molecule has 0 aromatic heterocycles. The predicted molar refractivity (Wildman–Crippen MR) is 99.6 cm³/mol. The van der Waals surface area contributed by atoms with Gasteiger partial charge in [-0.3, -0.25) is 9.69 Å². The number of rotatable bonds is 8. The van der Waals surface area contributed by atoms with Crippen molar-refractivity contribution in [3.63, 3.8) is 0 Å². The van der Waals surface area contributed by atoms with Gasteiger partial charge in [-0.1, -0.05) is 26.8 Å². The number of hydrogen-bond donors (Lipinski definition) is 1. The zero-order valence-electron chi connectivity index (χ0n) is 17.0. The highest BCUT2D eigenvalue weighted by Crippen LogP contribution is 2.27. The minimum Gasteiger partial charge on any atom is -0.490 e. The number of carboxylic acid groups (broad SMARTS) is 1. The van der Waals surface area contributed by atoms with E-state index >= 15 is 0 Å². The number of esters is 1. The molecule has 8 nitrogen and oxygen atoms in total. The summed E-state index contributed by atoms with van der Waals surface area (Å²) >= 11 is 0. The first-order valence-corrected chi connectivity index (χ1v) is 9.60. The van der Waals surface area contributed by atoms with Crippen LogP contribution in [0.1, 0.15) is 33.6 Å². The van der Waals surface area contributed by atoms with Crippen molar-refractivity contribution in [1.29, 1.82) is 0 Å². The Hall–Kier alpha value is -2.91. The molecule has 0 bridgehead atoms. The third-order valence-corrected chi connectivity index (χ3v) is 4.60. The lowest BCUT2D eigenvalue weighted by Gasteiger charge is -2.26. The maximum absolute atomic E-state index is 13.7. The summed E-state index contributed by atoms with van der Waals surface area (Å²) < 4.78 is 42.6. The number of likely N-dealkylation sites (tertiary alicyclic amines) is 1. The Morgan fingerprint density at radius 2 is 1.93 bits per heavy atom. The molecule has 0 saturated carbocycles. The van der Waals surface area contributed by atoms with E-state index < -0.39 is 47.9 Å². The number of carboxylic acids is 1. The van der Waals surface area contributed by atoms with Gasteiger partial charge in [-0.2, -0.15) is 4.39 Å². The largest absolute Gasteiger partial charge is 0.490 e. The highest BCUT2D eigenvalue weighted by atomic mass is 19.2. The Bertz CT molecular complexity index is 786. The molecule has 1 amide bonds. The van der Waals surface area contributed by atoms with Crippen LogP contribution in [0.2, 0.25) is 0 Å². The Kier molecular flexibility index (Phi) is 7.96. The van der Waals surface area contributed by atoms with E-state index in [-0.39, 0.29) is 37.7 Å². The number of hydrogen-bond acceptors (Lipinski definition) is 6. The van der Waals surface area contributed by atoms with Crippen LogP contribution < -0.4 is 4.74 Å². The van der Waals surface area contributed by atoms with Gasteiger partial charge in [0.25, 0.3) is 6.29 Å². The molecule has 1 heterocycles. The molecular weight excluding hydrogens is 404 g/mol. The molecule has 1 saturated heterocycles. The number of ether oxygens (including phenoxy) is 3. The molecule has 166 valence electrons. The van der Waals surface area contributed by atoms with Crippen LogP contribution in [-0.2, 0) is 19.1 Å². The van der Waals surface area contributed by atoms with Gasteiger partial charge in [0.2, 0.25) is 5.82 Å². The molecule has 0 unspecified atom stereocenters. The lowest BCUT2D eigenvalue weighted by molar-refractivity contribution is -0.177. The van der Waals surface area contributed by atoms with E-state index in [1.165, 1.54) is 12.1 Å². The Balaban J connectivity index is 2.03. The lowest BCUT2D eigenvalue weighted by Crippen LogP contribution is -2.43. The summed E-state index contributed by atoms with van der Waals surface area (Å²) in [5.41, 5.74) is 0. The van der Waals surface area contributed by atoms with E-state index in [0.717, 1.165) is 11.0 Å². The molecule has 3 atom stereocenters. The Morgan fingerprint density at radius 3 is 2.53 bits per heavy atom. The van der Waals surface area contributed by atoms with Crippen molar-refractivity contribution in [1.82, 2.24) is 4.90 Å². The molecule has 1 aliphatic rings. The smallest absolute Gasteiger partial charge is 0.413 e. The van der Waals surface area contributed by atoms with Crippen LogP contribution in [0.15, 0.2) is 18.2 Å². The van der Waals surface area contributed by atoms with Gasteiger partial charge in [0.1, 0.15) is 6.04 Å². The average Bonchev–Trinajstić information content (AvgIpc) is 3.13. The SMILES string of the molecule is CCC(=O)O[C@@H](OC(=O)N1C[C@@H](COc2cccc(F)c2F)C[C@H]1C(=O)O)C(C)C. The molecule has 1 aromatic carbocycles. The molecule has 1 fully saturated rings. The molecule has 1 aromatic rings. The summed E-state index contributed by atoms with van der Waals surface area (Å²) in [6.45, 7) is 4.81. The number of benzene rings is 1. The van der Waals surface area contributed by atoms with Crippen LogP contribution in [0.3, 0.4) is 0 Å². The van der Waals surface area contributed by atoms with Gasteiger partial charge < -0.3 is 19.3 Å². The molecule has 2 rings (SSSR count). The predicted octanol–water partition coefficient (Wildman–Crippen LogP) is 3.19. The highest BCUT2D eigenvalue weighted by molar-refractivity contribution is 5.81. The van der Waals surface area contributed by atoms with Crippen molar-refractivity contribution >= 4 is 18.0 Å². The van der Waals surface area contributed by atoms with E-state index in [4.69, 9.17) is 14.2 Å². The van der Waals surface area contributed by atoms with Gasteiger partial charge in [0.05, 0.1) is 6.61 Å². The highest BCUT2D eigenvalue weighted by Gasteiger charge is 2.42. The third kappa shape index (κ3) is 5.80. The van der Waals surface area contributed by atoms with Crippen molar-refractivity contribution in [2.75, 3.05) is 13.2 Å². The number of amides is 1. The molecule has 10 heteroatoms. The van der Waals surface area contributed by atoms with Gasteiger partial charge in [-0.15, -0.1) is 0 Å². The zero-order valence-corrected chi connectivity index (χ0v) is 17.0. The van der Waals surface area contributed by atoms with Crippen LogP contribution in [-0.4, -0.2) is 53.5 Å². The number of carbonyl (C=O) groups excluding carboxylic acids is 2. The molecule has 0 radical (unpaired) electrons. The molecule has 30 heavy (non-hydrogen) atoms. The average molecular weight is 429 g/mol. The van der Waals surface area contributed by atoms with Crippen molar-refractivity contribution in [3.05, 3.63) is 29.8 Å². The van der Waals surface area contributed by atoms with Crippen molar-refractivity contribution < 1.29 is 42.5 Å². The van der Waals surface area contributed by atoms with Crippen LogP contribution in [0, 0.1) is 23.5 Å². The standard InChI is InChI=1S/C20H25F2NO7/c1-4-16(24)29-19(11(2)3)30-20(27)23-9-12(8-14(23)18(25)26)10-28-15-7-5-6-13(21)17(15)22/h5-7,11-12,14,19H,4,8-10H2,1-3H3,(H,25,26)/t12-,14-,19-/m0/s1. The van der Waals surface area contributed by atoms with Crippen molar-refractivity contribution in [3.8, 4) is 5.75 Å². The van der Waals surface area contributed by atoms with E-state index in [9.17, 15) is 28.3 Å². The fraction of sp³-hybridized carbons (Fsp3) is 0.550. The fourth-order valence-corrected chi connectivity index (χ4v) is 2.96. The molecule has 1 aliphatic heterocycles. The molecule has 1 N–H and O–H groups in total. The summed E-state index contributed by atoms with van der Waals surface area (Å²) in [7, 11) is 0. The van der Waals surface area contributed by atoms with Crippen LogP contribution >= 0.6 is 0 Å². The number of nitrogens with zero attached hydrogens (tertiary/aromatic N) is 1. The maximum atomic E-state index is 13.7. The fourth-order valence-electron chi connectivity index (χ4n) is 2.96. The van der Waals surface area contributed by atoms with Crippen LogP contribution in [0.4, 0.5) is 13.6 Å². The van der Waals surface area contributed by atoms with Gasteiger partial charge >= 0.3 is 18.0 Å². The maximum Gasteiger partial charge on any atom is 0.413 e. The number of halogens is 2. The summed E-state index contributed by atoms with van der Waals surface area (Å²) in [5, 5.41) is 9.46. The molecular formula is C20H25F2NO7. The normalized spacial score (nSPS) is 19.5. The monoisotopic (exact) mass is 429 g/mol.